The van der Waals surface area contributed by atoms with Crippen LogP contribution in [0.5, 0.6) is 0 Å². The summed E-state index contributed by atoms with van der Waals surface area (Å²) >= 11 is -2.20. The number of nitrogens with two attached hydrogens (primary N) is 1. The Morgan fingerprint density at radius 3 is 1.74 bits per heavy atom. The Hall–Kier alpha value is 0.639. The molecule has 2 rings (SSSR count). The third kappa shape index (κ3) is 7.43. The molecule has 1 aliphatic carbocycles. The summed E-state index contributed by atoms with van der Waals surface area (Å²) in [6, 6.07) is 0. The van der Waals surface area contributed by atoms with E-state index in [0.717, 1.165) is 50.1 Å². The molecule has 0 radical (unpaired) electrons. The molecule has 4 nitrogen and oxygen atoms in total. The van der Waals surface area contributed by atoms with E-state index in [0.29, 0.717) is 0 Å². The molecule has 0 unspecified atom stereocenters. The summed E-state index contributed by atoms with van der Waals surface area (Å²) in [6.07, 6.45) is 11.9. The van der Waals surface area contributed by atoms with Crippen LogP contribution in [0, 0.1) is 0 Å². The van der Waals surface area contributed by atoms with Crippen molar-refractivity contribution >= 4 is 18.4 Å². The van der Waals surface area contributed by atoms with Gasteiger partial charge in [-0.3, -0.25) is 0 Å². The van der Waals surface area contributed by atoms with Crippen LogP contribution >= 0.6 is 0 Å². The van der Waals surface area contributed by atoms with Gasteiger partial charge in [-0.05, 0) is 0 Å². The first-order valence-electron chi connectivity index (χ1n) is 11.7. The minimum atomic E-state index is -2.20. The van der Waals surface area contributed by atoms with Gasteiger partial charge >= 0.3 is 172 Å². The number of ether oxygens (including phenoxy) is 3. The number of hydrogen-bond acceptors (Lipinski definition) is 4. The number of rotatable bonds is 13. The van der Waals surface area contributed by atoms with Crippen molar-refractivity contribution in [3.63, 3.8) is 0 Å². The zero-order valence-corrected chi connectivity index (χ0v) is 21.2. The van der Waals surface area contributed by atoms with E-state index >= 15 is 0 Å². The molecule has 0 aromatic heterocycles. The molecular weight excluding hydrogens is 445 g/mol. The van der Waals surface area contributed by atoms with Gasteiger partial charge in [0.1, 0.15) is 0 Å². The maximum absolute atomic E-state index is 6.73. The van der Waals surface area contributed by atoms with E-state index in [4.69, 9.17) is 19.9 Å². The van der Waals surface area contributed by atoms with Crippen molar-refractivity contribution in [2.45, 2.75) is 110 Å². The van der Waals surface area contributed by atoms with Gasteiger partial charge in [-0.25, -0.2) is 0 Å². The monoisotopic (exact) mass is 491 g/mol. The Balaban J connectivity index is 1.86. The Morgan fingerprint density at radius 2 is 1.30 bits per heavy atom. The molecule has 0 bridgehead atoms. The molecule has 160 valence electrons. The van der Waals surface area contributed by atoms with Crippen LogP contribution in [0.2, 0.25) is 13.3 Å². The maximum atomic E-state index is 6.73. The summed E-state index contributed by atoms with van der Waals surface area (Å²) in [7, 11) is 0. The Bertz CT molecular complexity index is 381. The first-order chi connectivity index (χ1) is 13.0. The second kappa shape index (κ2) is 11.7. The van der Waals surface area contributed by atoms with Gasteiger partial charge < -0.3 is 0 Å². The average Bonchev–Trinajstić information content (AvgIpc) is 3.14. The van der Waals surface area contributed by atoms with Gasteiger partial charge in [0.2, 0.25) is 0 Å². The summed E-state index contributed by atoms with van der Waals surface area (Å²) in [5.41, 5.74) is 6.54. The molecule has 1 heterocycles. The molecule has 0 atom stereocenters. The minimum absolute atomic E-state index is 0.182. The van der Waals surface area contributed by atoms with Crippen molar-refractivity contribution in [3.8, 4) is 0 Å². The molecule has 0 aromatic rings. The van der Waals surface area contributed by atoms with Crippen molar-refractivity contribution in [2.24, 2.45) is 5.73 Å². The standard InChI is InChI=1S/C10H18NO3.3C4H9.Sn/c1-12-8-9(11)2-4-10(5-3-9)13-6-7-14-10;3*1-3-4-2;/h1-8,11H2;3*1,3-4H2,2H3;. The topological polar surface area (TPSA) is 53.7 Å². The normalized spacial score (nSPS) is 21.8. The van der Waals surface area contributed by atoms with Crippen LogP contribution in [0.3, 0.4) is 0 Å². The molecule has 2 aliphatic rings. The fraction of sp³-hybridized carbons (Fsp3) is 1.00. The fourth-order valence-corrected chi connectivity index (χ4v) is 19.1. The predicted octanol–water partition coefficient (Wildman–Crippen LogP) is 5.41. The zero-order chi connectivity index (χ0) is 19.6. The van der Waals surface area contributed by atoms with Crippen LogP contribution in [-0.4, -0.2) is 54.1 Å². The molecule has 2 fully saturated rings. The van der Waals surface area contributed by atoms with Gasteiger partial charge in [-0.15, -0.1) is 0 Å². The molecule has 1 aliphatic heterocycles. The Morgan fingerprint density at radius 1 is 0.815 bits per heavy atom. The van der Waals surface area contributed by atoms with Crippen molar-refractivity contribution in [2.75, 3.05) is 24.4 Å². The van der Waals surface area contributed by atoms with E-state index in [2.05, 4.69) is 20.8 Å². The predicted molar refractivity (Wildman–Crippen MR) is 116 cm³/mol. The summed E-state index contributed by atoms with van der Waals surface area (Å²) in [6.45, 7) is 9.19. The quantitative estimate of drug-likeness (QED) is 0.351. The molecule has 2 N–H and O–H groups in total. The van der Waals surface area contributed by atoms with E-state index in [-0.39, 0.29) is 11.3 Å². The van der Waals surface area contributed by atoms with Crippen molar-refractivity contribution < 1.29 is 14.2 Å². The molecule has 27 heavy (non-hydrogen) atoms. The Labute approximate surface area is 172 Å². The summed E-state index contributed by atoms with van der Waals surface area (Å²) in [5.74, 6) is -0.324. The summed E-state index contributed by atoms with van der Waals surface area (Å²) in [5, 5.41) is 0. The summed E-state index contributed by atoms with van der Waals surface area (Å²) < 4.78 is 23.8. The first kappa shape index (κ1) is 23.9. The van der Waals surface area contributed by atoms with Crippen LogP contribution in [-0.2, 0) is 14.2 Å². The van der Waals surface area contributed by atoms with E-state index in [1.165, 1.54) is 51.8 Å². The molecule has 0 amide bonds. The van der Waals surface area contributed by atoms with Crippen LogP contribution in [0.1, 0.15) is 85.0 Å². The van der Waals surface area contributed by atoms with Crippen LogP contribution in [0.4, 0.5) is 0 Å². The molecular formula is C22H45NO3Sn. The van der Waals surface area contributed by atoms with E-state index in [9.17, 15) is 0 Å². The van der Waals surface area contributed by atoms with E-state index in [1.807, 2.05) is 0 Å². The number of unbranched alkanes of at least 4 members (excludes halogenated alkanes) is 3. The summed E-state index contributed by atoms with van der Waals surface area (Å²) in [4.78, 5) is 0. The Kier molecular flexibility index (Phi) is 10.4. The van der Waals surface area contributed by atoms with Gasteiger partial charge in [0.25, 0.3) is 0 Å². The van der Waals surface area contributed by atoms with Crippen LogP contribution < -0.4 is 5.73 Å². The van der Waals surface area contributed by atoms with Gasteiger partial charge in [0.05, 0.1) is 0 Å². The third-order valence-electron chi connectivity index (χ3n) is 6.80. The van der Waals surface area contributed by atoms with Crippen LogP contribution in [0.25, 0.3) is 0 Å². The van der Waals surface area contributed by atoms with Gasteiger partial charge in [-0.1, -0.05) is 0 Å². The molecule has 1 saturated heterocycles. The van der Waals surface area contributed by atoms with E-state index in [1.54, 1.807) is 0 Å². The number of hydrogen-bond donors (Lipinski definition) is 1. The fourth-order valence-electron chi connectivity index (χ4n) is 4.78. The molecule has 0 aromatic carbocycles. The SMILES string of the molecule is CCC[CH2][Sn]([CH2]CCC)([CH2]CCC)[CH2]OCC1(N)CCC2(CC1)OCCO2. The average molecular weight is 490 g/mol. The van der Waals surface area contributed by atoms with Crippen molar-refractivity contribution in [1.82, 2.24) is 0 Å². The third-order valence-corrected chi connectivity index (χ3v) is 21.2. The second-order valence-corrected chi connectivity index (χ2v) is 22.9. The van der Waals surface area contributed by atoms with Gasteiger partial charge in [0.15, 0.2) is 0 Å². The second-order valence-electron chi connectivity index (χ2n) is 9.27. The van der Waals surface area contributed by atoms with Crippen molar-refractivity contribution in [3.05, 3.63) is 0 Å². The van der Waals surface area contributed by atoms with Gasteiger partial charge in [0, 0.05) is 0 Å². The van der Waals surface area contributed by atoms with E-state index < -0.39 is 18.4 Å². The molecule has 5 heteroatoms. The van der Waals surface area contributed by atoms with Crippen LogP contribution in [0.15, 0.2) is 0 Å². The molecule has 1 saturated carbocycles. The van der Waals surface area contributed by atoms with Crippen molar-refractivity contribution in [1.29, 1.82) is 0 Å². The van der Waals surface area contributed by atoms with Gasteiger partial charge in [-0.2, -0.15) is 0 Å². The zero-order valence-electron chi connectivity index (χ0n) is 18.3. The first-order valence-corrected chi connectivity index (χ1v) is 19.7. The molecule has 1 spiro atoms.